The fourth-order valence-corrected chi connectivity index (χ4v) is 2.59. The summed E-state index contributed by atoms with van der Waals surface area (Å²) in [6.45, 7) is 0.660. The molecule has 1 aromatic rings. The van der Waals surface area contributed by atoms with Crippen LogP contribution in [0.5, 0.6) is 0 Å². The lowest BCUT2D eigenvalue weighted by Crippen LogP contribution is -2.26. The van der Waals surface area contributed by atoms with Crippen LogP contribution in [-0.4, -0.2) is 42.8 Å². The Labute approximate surface area is 108 Å². The Morgan fingerprint density at radius 1 is 1.50 bits per heavy atom. The molecule has 0 aliphatic carbocycles. The number of amides is 1. The van der Waals surface area contributed by atoms with E-state index in [2.05, 4.69) is 14.9 Å². The van der Waals surface area contributed by atoms with Crippen molar-refractivity contribution in [2.75, 3.05) is 25.7 Å². The molecule has 1 atom stereocenters. The van der Waals surface area contributed by atoms with Gasteiger partial charge in [-0.3, -0.25) is 14.5 Å². The van der Waals surface area contributed by atoms with Crippen LogP contribution in [0.15, 0.2) is 0 Å². The van der Waals surface area contributed by atoms with Gasteiger partial charge in [-0.2, -0.15) is 0 Å². The Bertz CT molecular complexity index is 462. The summed E-state index contributed by atoms with van der Waals surface area (Å²) >= 11 is 1.29. The van der Waals surface area contributed by atoms with Gasteiger partial charge in [0.25, 0.3) is 0 Å². The van der Waals surface area contributed by atoms with Crippen LogP contribution in [0.4, 0.5) is 5.13 Å². The molecule has 0 spiro atoms. The van der Waals surface area contributed by atoms with E-state index in [0.29, 0.717) is 23.3 Å². The monoisotopic (exact) mass is 271 g/mol. The van der Waals surface area contributed by atoms with E-state index in [4.69, 9.17) is 4.74 Å². The average molecular weight is 271 g/mol. The van der Waals surface area contributed by atoms with Gasteiger partial charge >= 0.3 is 5.97 Å². The van der Waals surface area contributed by atoms with E-state index in [0.717, 1.165) is 0 Å². The molecule has 8 heteroatoms. The highest BCUT2D eigenvalue weighted by atomic mass is 32.1. The Balaban J connectivity index is 2.09. The van der Waals surface area contributed by atoms with Crippen molar-refractivity contribution in [2.24, 2.45) is 5.92 Å². The molecule has 0 radical (unpaired) electrons. The maximum absolute atomic E-state index is 11.8. The molecule has 0 saturated carbocycles. The van der Waals surface area contributed by atoms with Crippen LogP contribution in [0.3, 0.4) is 0 Å². The Hall–Kier alpha value is -1.54. The summed E-state index contributed by atoms with van der Waals surface area (Å²) in [6.07, 6.45) is 0.159. The molecule has 1 aliphatic heterocycles. The summed E-state index contributed by atoms with van der Waals surface area (Å²) in [7, 11) is 2.88. The van der Waals surface area contributed by atoms with Crippen molar-refractivity contribution in [2.45, 2.75) is 13.0 Å². The number of ether oxygens (including phenoxy) is 2. The minimum atomic E-state index is -0.419. The number of anilines is 1. The second kappa shape index (κ2) is 5.40. The first kappa shape index (κ1) is 12.9. The number of hydrogen-bond donors (Lipinski definition) is 0. The quantitative estimate of drug-likeness (QED) is 0.728. The van der Waals surface area contributed by atoms with Crippen LogP contribution in [0, 0.1) is 5.92 Å². The third-order valence-corrected chi connectivity index (χ3v) is 3.53. The van der Waals surface area contributed by atoms with E-state index in [9.17, 15) is 9.59 Å². The molecule has 1 aliphatic rings. The van der Waals surface area contributed by atoms with Crippen LogP contribution in [-0.2, 0) is 25.7 Å². The number of rotatable bonds is 4. The maximum Gasteiger partial charge on any atom is 0.311 e. The summed E-state index contributed by atoms with van der Waals surface area (Å²) < 4.78 is 9.58. The third-order valence-electron chi connectivity index (χ3n) is 2.61. The molecule has 98 valence electrons. The molecule has 1 saturated heterocycles. The second-order valence-electron chi connectivity index (χ2n) is 3.84. The van der Waals surface area contributed by atoms with E-state index in [-0.39, 0.29) is 18.3 Å². The molecular weight excluding hydrogens is 258 g/mol. The van der Waals surface area contributed by atoms with Gasteiger partial charge in [-0.25, -0.2) is 0 Å². The zero-order valence-electron chi connectivity index (χ0n) is 10.1. The van der Waals surface area contributed by atoms with Gasteiger partial charge in [0, 0.05) is 20.1 Å². The fraction of sp³-hybridized carbons (Fsp3) is 0.600. The predicted octanol–water partition coefficient (Wildman–Crippen LogP) is 0.210. The highest BCUT2D eigenvalue weighted by Crippen LogP contribution is 2.28. The molecule has 1 amide bonds. The van der Waals surface area contributed by atoms with Crippen molar-refractivity contribution in [1.29, 1.82) is 0 Å². The molecule has 1 unspecified atom stereocenters. The van der Waals surface area contributed by atoms with Crippen molar-refractivity contribution < 1.29 is 19.1 Å². The number of aromatic nitrogens is 2. The first-order valence-electron chi connectivity index (χ1n) is 5.35. The molecule has 2 rings (SSSR count). The predicted molar refractivity (Wildman–Crippen MR) is 63.1 cm³/mol. The number of nitrogens with zero attached hydrogens (tertiary/aromatic N) is 3. The maximum atomic E-state index is 11.8. The van der Waals surface area contributed by atoms with Gasteiger partial charge in [-0.05, 0) is 0 Å². The Kier molecular flexibility index (Phi) is 3.87. The lowest BCUT2D eigenvalue weighted by atomic mass is 10.1. The van der Waals surface area contributed by atoms with Crippen molar-refractivity contribution >= 4 is 28.3 Å². The lowest BCUT2D eigenvalue weighted by Gasteiger charge is -2.10. The van der Waals surface area contributed by atoms with Crippen LogP contribution < -0.4 is 4.90 Å². The van der Waals surface area contributed by atoms with Crippen LogP contribution >= 0.6 is 11.3 Å². The normalized spacial score (nSPS) is 19.3. The van der Waals surface area contributed by atoms with Gasteiger partial charge in [0.05, 0.1) is 13.0 Å². The fourth-order valence-electron chi connectivity index (χ4n) is 1.75. The number of carbonyl (C=O) groups excluding carboxylic acids is 2. The van der Waals surface area contributed by atoms with Gasteiger partial charge in [-0.1, -0.05) is 11.3 Å². The molecule has 18 heavy (non-hydrogen) atoms. The van der Waals surface area contributed by atoms with E-state index >= 15 is 0 Å². The first-order chi connectivity index (χ1) is 8.65. The van der Waals surface area contributed by atoms with Crippen LogP contribution in [0.1, 0.15) is 11.4 Å². The largest absolute Gasteiger partial charge is 0.469 e. The van der Waals surface area contributed by atoms with Crippen molar-refractivity contribution in [1.82, 2.24) is 10.2 Å². The molecule has 7 nitrogen and oxygen atoms in total. The first-order valence-corrected chi connectivity index (χ1v) is 6.17. The second-order valence-corrected chi connectivity index (χ2v) is 4.88. The summed E-state index contributed by atoms with van der Waals surface area (Å²) in [6, 6.07) is 0. The molecule has 1 aromatic heterocycles. The van der Waals surface area contributed by atoms with E-state index in [1.807, 2.05) is 0 Å². The molecular formula is C10H13N3O4S. The summed E-state index contributed by atoms with van der Waals surface area (Å²) in [5, 5.41) is 9.03. The number of esters is 1. The smallest absolute Gasteiger partial charge is 0.311 e. The summed E-state index contributed by atoms with van der Waals surface area (Å²) in [4.78, 5) is 24.7. The summed E-state index contributed by atoms with van der Waals surface area (Å²) in [5.41, 5.74) is 0. The van der Waals surface area contributed by atoms with Crippen molar-refractivity contribution in [3.05, 3.63) is 5.01 Å². The van der Waals surface area contributed by atoms with E-state index in [1.165, 1.54) is 23.3 Å². The zero-order valence-corrected chi connectivity index (χ0v) is 10.9. The topological polar surface area (TPSA) is 81.6 Å². The lowest BCUT2D eigenvalue weighted by molar-refractivity contribution is -0.145. The Morgan fingerprint density at radius 2 is 2.28 bits per heavy atom. The van der Waals surface area contributed by atoms with Gasteiger partial charge in [0.15, 0.2) is 0 Å². The average Bonchev–Trinajstić information content (AvgIpc) is 2.95. The van der Waals surface area contributed by atoms with Gasteiger partial charge in [-0.15, -0.1) is 10.2 Å². The highest BCUT2D eigenvalue weighted by molar-refractivity contribution is 7.15. The Morgan fingerprint density at radius 3 is 2.94 bits per heavy atom. The molecule has 2 heterocycles. The zero-order chi connectivity index (χ0) is 13.1. The molecule has 0 N–H and O–H groups in total. The third kappa shape index (κ3) is 2.49. The van der Waals surface area contributed by atoms with Crippen molar-refractivity contribution in [3.63, 3.8) is 0 Å². The van der Waals surface area contributed by atoms with Gasteiger partial charge < -0.3 is 9.47 Å². The van der Waals surface area contributed by atoms with E-state index in [1.54, 1.807) is 7.11 Å². The SMILES string of the molecule is COCc1nnc(N2CC(C(=O)OC)CC2=O)s1. The minimum Gasteiger partial charge on any atom is -0.469 e. The van der Waals surface area contributed by atoms with Crippen molar-refractivity contribution in [3.8, 4) is 0 Å². The van der Waals surface area contributed by atoms with Crippen LogP contribution in [0.25, 0.3) is 0 Å². The standard InChI is InChI=1S/C10H13N3O4S/c1-16-5-7-11-12-10(18-7)13-4-6(3-8(13)14)9(15)17-2/h6H,3-5H2,1-2H3. The molecule has 0 bridgehead atoms. The number of hydrogen-bond acceptors (Lipinski definition) is 7. The molecule has 0 aromatic carbocycles. The number of carbonyl (C=O) groups is 2. The van der Waals surface area contributed by atoms with Crippen LogP contribution in [0.2, 0.25) is 0 Å². The molecule has 1 fully saturated rings. The highest BCUT2D eigenvalue weighted by Gasteiger charge is 2.37. The van der Waals surface area contributed by atoms with Gasteiger partial charge in [0.1, 0.15) is 11.6 Å². The number of methoxy groups -OCH3 is 2. The summed E-state index contributed by atoms with van der Waals surface area (Å²) in [5.74, 6) is -0.921. The minimum absolute atomic E-state index is 0.134. The van der Waals surface area contributed by atoms with Gasteiger partial charge in [0.2, 0.25) is 11.0 Å². The van der Waals surface area contributed by atoms with E-state index < -0.39 is 5.92 Å².